The fourth-order valence-corrected chi connectivity index (χ4v) is 4.90. The van der Waals surface area contributed by atoms with E-state index >= 15 is 0 Å². The predicted octanol–water partition coefficient (Wildman–Crippen LogP) is 4.73. The molecule has 2 amide bonds. The first-order chi connectivity index (χ1) is 16.5. The Morgan fingerprint density at radius 2 is 1.85 bits per heavy atom. The van der Waals surface area contributed by atoms with Crippen LogP contribution in [0.3, 0.4) is 0 Å². The summed E-state index contributed by atoms with van der Waals surface area (Å²) in [6.45, 7) is 3.84. The van der Waals surface area contributed by atoms with Crippen molar-refractivity contribution in [2.45, 2.75) is 26.3 Å². The van der Waals surface area contributed by atoms with Gasteiger partial charge in [0.05, 0.1) is 24.3 Å². The van der Waals surface area contributed by atoms with E-state index in [-0.39, 0.29) is 12.3 Å². The summed E-state index contributed by atoms with van der Waals surface area (Å²) in [5.41, 5.74) is 2.31. The lowest BCUT2D eigenvalue weighted by Gasteiger charge is -2.27. The molecular weight excluding hydrogens is 452 g/mol. The van der Waals surface area contributed by atoms with Crippen LogP contribution in [0.25, 0.3) is 0 Å². The van der Waals surface area contributed by atoms with E-state index in [1.807, 2.05) is 61.7 Å². The van der Waals surface area contributed by atoms with Gasteiger partial charge in [-0.1, -0.05) is 35.9 Å². The highest BCUT2D eigenvalue weighted by atomic mass is 32.1. The number of hydrogen-bond donors (Lipinski definition) is 1. The van der Waals surface area contributed by atoms with Gasteiger partial charge < -0.3 is 19.7 Å². The zero-order chi connectivity index (χ0) is 24.1. The lowest BCUT2D eigenvalue weighted by atomic mass is 9.99. The van der Waals surface area contributed by atoms with Gasteiger partial charge in [-0.15, -0.1) is 11.3 Å². The molecule has 1 aliphatic rings. The molecule has 0 bridgehead atoms. The van der Waals surface area contributed by atoms with E-state index in [9.17, 15) is 14.4 Å². The normalized spacial score (nSPS) is 17.5. The minimum Gasteiger partial charge on any atom is -0.492 e. The molecule has 7 nitrogen and oxygen atoms in total. The van der Waals surface area contributed by atoms with Crippen LogP contribution < -0.4 is 15.0 Å². The molecule has 0 aliphatic carbocycles. The van der Waals surface area contributed by atoms with Gasteiger partial charge in [0.25, 0.3) is 5.91 Å². The zero-order valence-electron chi connectivity index (χ0n) is 19.0. The lowest BCUT2D eigenvalue weighted by molar-refractivity contribution is -0.152. The molecule has 0 spiro atoms. The van der Waals surface area contributed by atoms with Crippen LogP contribution in [0.2, 0.25) is 0 Å². The number of carbonyl (C=O) groups excluding carboxylic acids is 3. The van der Waals surface area contributed by atoms with Crippen molar-refractivity contribution in [3.63, 3.8) is 0 Å². The Hall–Kier alpha value is -3.65. The summed E-state index contributed by atoms with van der Waals surface area (Å²) in [5.74, 6) is -1.38. The number of nitrogens with one attached hydrogen (secondary N) is 1. The van der Waals surface area contributed by atoms with Crippen molar-refractivity contribution >= 4 is 40.5 Å². The van der Waals surface area contributed by atoms with Gasteiger partial charge in [-0.05, 0) is 49.6 Å². The maximum absolute atomic E-state index is 13.1. The van der Waals surface area contributed by atoms with Crippen molar-refractivity contribution < 1.29 is 23.9 Å². The molecular formula is C26H26N2O5S. The number of hydrogen-bond acceptors (Lipinski definition) is 6. The lowest BCUT2D eigenvalue weighted by Crippen LogP contribution is -2.31. The molecule has 2 unspecified atom stereocenters. The first-order valence-corrected chi connectivity index (χ1v) is 12.0. The first-order valence-electron chi connectivity index (χ1n) is 11.1. The Kier molecular flexibility index (Phi) is 7.27. The monoisotopic (exact) mass is 478 g/mol. The number of carbonyl (C=O) groups is 3. The number of nitrogens with zero attached hydrogens (tertiary/aromatic N) is 1. The van der Waals surface area contributed by atoms with Crippen LogP contribution in [0.5, 0.6) is 5.75 Å². The highest BCUT2D eigenvalue weighted by Crippen LogP contribution is 2.43. The maximum Gasteiger partial charge on any atom is 0.312 e. The van der Waals surface area contributed by atoms with Crippen LogP contribution >= 0.6 is 11.3 Å². The summed E-state index contributed by atoms with van der Waals surface area (Å²) in [6.07, 6.45) is 0.0179. The quantitative estimate of drug-likeness (QED) is 0.473. The standard InChI is InChI=1S/C26H26N2O5S/c1-3-32-21-8-5-4-7-20(21)27-23(29)16-33-26(31)19-15-24(30)28(18-12-10-17(2)11-13-18)25(19)22-9-6-14-34-22/h4-14,19,25H,3,15-16H2,1-2H3,(H,27,29). The van der Waals surface area contributed by atoms with E-state index in [4.69, 9.17) is 9.47 Å². The summed E-state index contributed by atoms with van der Waals surface area (Å²) in [4.78, 5) is 41.1. The van der Waals surface area contributed by atoms with E-state index in [0.29, 0.717) is 18.0 Å². The topological polar surface area (TPSA) is 84.9 Å². The minimum absolute atomic E-state index is 0.0179. The van der Waals surface area contributed by atoms with Gasteiger partial charge in [0.2, 0.25) is 5.91 Å². The molecule has 1 fully saturated rings. The van der Waals surface area contributed by atoms with Crippen molar-refractivity contribution in [2.24, 2.45) is 5.92 Å². The molecule has 2 aromatic carbocycles. The van der Waals surface area contributed by atoms with Crippen LogP contribution in [-0.4, -0.2) is 31.0 Å². The number of aryl methyl sites for hydroxylation is 1. The molecule has 2 heterocycles. The Balaban J connectivity index is 1.47. The van der Waals surface area contributed by atoms with Gasteiger partial charge in [-0.25, -0.2) is 0 Å². The molecule has 2 atom stereocenters. The van der Waals surface area contributed by atoms with Crippen molar-refractivity contribution in [1.29, 1.82) is 0 Å². The Morgan fingerprint density at radius 1 is 1.09 bits per heavy atom. The van der Waals surface area contributed by atoms with E-state index in [0.717, 1.165) is 16.1 Å². The van der Waals surface area contributed by atoms with Gasteiger partial charge in [0.15, 0.2) is 6.61 Å². The highest BCUT2D eigenvalue weighted by molar-refractivity contribution is 7.10. The van der Waals surface area contributed by atoms with E-state index in [1.54, 1.807) is 23.1 Å². The molecule has 1 aliphatic heterocycles. The molecule has 8 heteroatoms. The van der Waals surface area contributed by atoms with E-state index in [2.05, 4.69) is 5.32 Å². The largest absolute Gasteiger partial charge is 0.492 e. The molecule has 1 aromatic heterocycles. The summed E-state index contributed by atoms with van der Waals surface area (Å²) < 4.78 is 10.9. The molecule has 176 valence electrons. The van der Waals surface area contributed by atoms with E-state index in [1.165, 1.54) is 11.3 Å². The van der Waals surface area contributed by atoms with Gasteiger partial charge in [0.1, 0.15) is 5.75 Å². The number of amides is 2. The molecule has 34 heavy (non-hydrogen) atoms. The van der Waals surface area contributed by atoms with Crippen LogP contribution in [0, 0.1) is 12.8 Å². The SMILES string of the molecule is CCOc1ccccc1NC(=O)COC(=O)C1CC(=O)N(c2ccc(C)cc2)C1c1cccs1. The molecule has 0 radical (unpaired) electrons. The molecule has 1 N–H and O–H groups in total. The fraction of sp³-hybridized carbons (Fsp3) is 0.269. The summed E-state index contributed by atoms with van der Waals surface area (Å²) in [5, 5.41) is 4.63. The highest BCUT2D eigenvalue weighted by Gasteiger charge is 2.46. The minimum atomic E-state index is -0.712. The number of para-hydroxylation sites is 2. The van der Waals surface area contributed by atoms with Crippen molar-refractivity contribution in [3.8, 4) is 5.75 Å². The molecule has 3 aromatic rings. The van der Waals surface area contributed by atoms with Crippen LogP contribution in [0.15, 0.2) is 66.0 Å². The third-order valence-corrected chi connectivity index (χ3v) is 6.52. The molecule has 0 saturated carbocycles. The number of esters is 1. The number of rotatable bonds is 8. The Bertz CT molecular complexity index is 1160. The molecule has 1 saturated heterocycles. The first kappa shape index (κ1) is 23.5. The second kappa shape index (κ2) is 10.5. The average molecular weight is 479 g/mol. The number of ether oxygens (including phenoxy) is 2. The predicted molar refractivity (Wildman–Crippen MR) is 131 cm³/mol. The third kappa shape index (κ3) is 5.12. The van der Waals surface area contributed by atoms with Gasteiger partial charge in [0, 0.05) is 17.0 Å². The summed E-state index contributed by atoms with van der Waals surface area (Å²) in [7, 11) is 0. The number of anilines is 2. The van der Waals surface area contributed by atoms with Crippen LogP contribution in [-0.2, 0) is 19.1 Å². The van der Waals surface area contributed by atoms with Gasteiger partial charge >= 0.3 is 5.97 Å². The average Bonchev–Trinajstić information content (AvgIpc) is 3.47. The van der Waals surface area contributed by atoms with E-state index < -0.39 is 30.4 Å². The maximum atomic E-state index is 13.1. The zero-order valence-corrected chi connectivity index (χ0v) is 19.8. The summed E-state index contributed by atoms with van der Waals surface area (Å²) >= 11 is 1.48. The van der Waals surface area contributed by atoms with Crippen molar-refractivity contribution in [1.82, 2.24) is 0 Å². The number of thiophene rings is 1. The molecule has 4 rings (SSSR count). The summed E-state index contributed by atoms with van der Waals surface area (Å²) in [6, 6.07) is 18.0. The number of benzene rings is 2. The second-order valence-corrected chi connectivity index (χ2v) is 8.93. The fourth-order valence-electron chi connectivity index (χ4n) is 4.02. The third-order valence-electron chi connectivity index (χ3n) is 5.58. The van der Waals surface area contributed by atoms with Gasteiger partial charge in [-0.3, -0.25) is 14.4 Å². The smallest absolute Gasteiger partial charge is 0.312 e. The van der Waals surface area contributed by atoms with Crippen LogP contribution in [0.1, 0.15) is 29.8 Å². The van der Waals surface area contributed by atoms with Crippen LogP contribution in [0.4, 0.5) is 11.4 Å². The van der Waals surface area contributed by atoms with Crippen molar-refractivity contribution in [3.05, 3.63) is 76.5 Å². The van der Waals surface area contributed by atoms with Crippen molar-refractivity contribution in [2.75, 3.05) is 23.4 Å². The Morgan fingerprint density at radius 3 is 2.56 bits per heavy atom. The second-order valence-electron chi connectivity index (χ2n) is 7.96. The Labute approximate surface area is 202 Å². The van der Waals surface area contributed by atoms with Gasteiger partial charge in [-0.2, -0.15) is 0 Å².